The van der Waals surface area contributed by atoms with Crippen molar-refractivity contribution in [3.8, 4) is 0 Å². The van der Waals surface area contributed by atoms with Gasteiger partial charge in [-0.25, -0.2) is 4.98 Å². The lowest BCUT2D eigenvalue weighted by Crippen LogP contribution is -2.14. The molecule has 1 aliphatic heterocycles. The lowest BCUT2D eigenvalue weighted by Gasteiger charge is -2.09. The van der Waals surface area contributed by atoms with E-state index in [9.17, 15) is 0 Å². The Morgan fingerprint density at radius 1 is 1.50 bits per heavy atom. The summed E-state index contributed by atoms with van der Waals surface area (Å²) < 4.78 is 2.13. The molecule has 0 saturated carbocycles. The van der Waals surface area contributed by atoms with E-state index in [1.807, 2.05) is 12.4 Å². The van der Waals surface area contributed by atoms with Crippen LogP contribution < -0.4 is 0 Å². The van der Waals surface area contributed by atoms with Crippen molar-refractivity contribution in [1.82, 2.24) is 14.5 Å². The fourth-order valence-electron chi connectivity index (χ4n) is 1.92. The Balaban J connectivity index is 2.16. The summed E-state index contributed by atoms with van der Waals surface area (Å²) in [7, 11) is 4.24. The molecule has 0 amide bonds. The predicted molar refractivity (Wildman–Crippen MR) is 48.1 cm³/mol. The third-order valence-corrected chi connectivity index (χ3v) is 2.61. The van der Waals surface area contributed by atoms with Gasteiger partial charge in [-0.1, -0.05) is 0 Å². The zero-order valence-electron chi connectivity index (χ0n) is 7.70. The maximum absolute atomic E-state index is 4.37. The highest BCUT2D eigenvalue weighted by Gasteiger charge is 2.23. The summed E-state index contributed by atoms with van der Waals surface area (Å²) in [5, 5.41) is 0. The minimum atomic E-state index is 0.648. The Kier molecular flexibility index (Phi) is 1.89. The number of nitrogens with zero attached hydrogens (tertiary/aromatic N) is 3. The van der Waals surface area contributed by atoms with Crippen molar-refractivity contribution in [3.05, 3.63) is 18.2 Å². The number of aromatic nitrogens is 2. The van der Waals surface area contributed by atoms with E-state index in [-0.39, 0.29) is 0 Å². The average molecular weight is 165 g/mol. The van der Waals surface area contributed by atoms with Gasteiger partial charge in [0.1, 0.15) is 5.82 Å². The first-order valence-corrected chi connectivity index (χ1v) is 4.43. The zero-order chi connectivity index (χ0) is 8.55. The predicted octanol–water partition coefficient (Wildman–Crippen LogP) is 0.839. The van der Waals surface area contributed by atoms with Gasteiger partial charge in [0.15, 0.2) is 0 Å². The fourth-order valence-corrected chi connectivity index (χ4v) is 1.92. The topological polar surface area (TPSA) is 21.1 Å². The van der Waals surface area contributed by atoms with Gasteiger partial charge in [0.2, 0.25) is 0 Å². The maximum atomic E-state index is 4.37. The first-order valence-electron chi connectivity index (χ1n) is 4.43. The van der Waals surface area contributed by atoms with Gasteiger partial charge in [0.05, 0.1) is 0 Å². The molecule has 0 aromatic carbocycles. The molecular weight excluding hydrogens is 150 g/mol. The highest BCUT2D eigenvalue weighted by molar-refractivity contribution is 5.03. The number of imidazole rings is 1. The second-order valence-electron chi connectivity index (χ2n) is 3.64. The summed E-state index contributed by atoms with van der Waals surface area (Å²) in [5.41, 5.74) is 0. The molecule has 0 N–H and O–H groups in total. The molecule has 1 atom stereocenters. The average Bonchev–Trinajstić information content (AvgIpc) is 2.58. The van der Waals surface area contributed by atoms with Gasteiger partial charge >= 0.3 is 0 Å². The molecule has 1 fully saturated rings. The van der Waals surface area contributed by atoms with Crippen LogP contribution in [0.4, 0.5) is 0 Å². The summed E-state index contributed by atoms with van der Waals surface area (Å²) >= 11 is 0. The van der Waals surface area contributed by atoms with E-state index in [0.717, 1.165) is 6.54 Å². The Labute approximate surface area is 73.0 Å². The Morgan fingerprint density at radius 2 is 2.33 bits per heavy atom. The van der Waals surface area contributed by atoms with Crippen molar-refractivity contribution in [2.75, 3.05) is 20.1 Å². The van der Waals surface area contributed by atoms with Gasteiger partial charge in [0, 0.05) is 31.9 Å². The Morgan fingerprint density at radius 3 is 2.83 bits per heavy atom. The standard InChI is InChI=1S/C9H15N3/c1-11-5-3-8(7-11)9-10-4-6-12(9)2/h4,6,8H,3,5,7H2,1-2H3. The molecule has 2 heterocycles. The van der Waals surface area contributed by atoms with Gasteiger partial charge in [-0.05, 0) is 20.0 Å². The third-order valence-electron chi connectivity index (χ3n) is 2.61. The fraction of sp³-hybridized carbons (Fsp3) is 0.667. The van der Waals surface area contributed by atoms with Crippen molar-refractivity contribution in [2.45, 2.75) is 12.3 Å². The molecule has 0 aliphatic carbocycles. The van der Waals surface area contributed by atoms with Gasteiger partial charge < -0.3 is 9.47 Å². The molecule has 1 aromatic heterocycles. The van der Waals surface area contributed by atoms with Crippen LogP contribution in [0.15, 0.2) is 12.4 Å². The van der Waals surface area contributed by atoms with Crippen LogP contribution in [-0.2, 0) is 7.05 Å². The van der Waals surface area contributed by atoms with E-state index in [2.05, 4.69) is 28.5 Å². The normalized spacial score (nSPS) is 25.0. The second kappa shape index (κ2) is 2.90. The molecule has 12 heavy (non-hydrogen) atoms. The summed E-state index contributed by atoms with van der Waals surface area (Å²) in [6, 6.07) is 0. The largest absolute Gasteiger partial charge is 0.338 e. The minimum absolute atomic E-state index is 0.648. The van der Waals surface area contributed by atoms with Crippen molar-refractivity contribution < 1.29 is 0 Å². The summed E-state index contributed by atoms with van der Waals surface area (Å²) in [4.78, 5) is 6.73. The molecule has 3 heteroatoms. The number of likely N-dealkylation sites (tertiary alicyclic amines) is 1. The van der Waals surface area contributed by atoms with E-state index >= 15 is 0 Å². The van der Waals surface area contributed by atoms with Crippen molar-refractivity contribution in [1.29, 1.82) is 0 Å². The molecule has 0 radical (unpaired) electrons. The summed E-state index contributed by atoms with van der Waals surface area (Å²) in [6.07, 6.45) is 5.16. The van der Waals surface area contributed by atoms with Crippen LogP contribution in [-0.4, -0.2) is 34.6 Å². The molecule has 1 unspecified atom stereocenters. The van der Waals surface area contributed by atoms with Crippen LogP contribution in [0.25, 0.3) is 0 Å². The lowest BCUT2D eigenvalue weighted by molar-refractivity contribution is 0.408. The first kappa shape index (κ1) is 7.80. The van der Waals surface area contributed by atoms with Crippen LogP contribution in [0, 0.1) is 0 Å². The van der Waals surface area contributed by atoms with Gasteiger partial charge in [-0.3, -0.25) is 0 Å². The Hall–Kier alpha value is -0.830. The minimum Gasteiger partial charge on any atom is -0.338 e. The molecule has 1 aliphatic rings. The van der Waals surface area contributed by atoms with Gasteiger partial charge in [-0.2, -0.15) is 0 Å². The second-order valence-corrected chi connectivity index (χ2v) is 3.64. The molecule has 2 rings (SSSR count). The van der Waals surface area contributed by atoms with Crippen molar-refractivity contribution in [2.24, 2.45) is 7.05 Å². The van der Waals surface area contributed by atoms with E-state index in [1.54, 1.807) is 0 Å². The molecule has 1 aromatic rings. The molecule has 0 bridgehead atoms. The van der Waals surface area contributed by atoms with Gasteiger partial charge in [0.25, 0.3) is 0 Å². The van der Waals surface area contributed by atoms with E-state index in [4.69, 9.17) is 0 Å². The van der Waals surface area contributed by atoms with Gasteiger partial charge in [-0.15, -0.1) is 0 Å². The SMILES string of the molecule is CN1CCC(c2nccn2C)C1. The Bertz CT molecular complexity index is 266. The quantitative estimate of drug-likeness (QED) is 0.615. The van der Waals surface area contributed by atoms with Crippen LogP contribution >= 0.6 is 0 Å². The van der Waals surface area contributed by atoms with Crippen molar-refractivity contribution >= 4 is 0 Å². The zero-order valence-corrected chi connectivity index (χ0v) is 7.70. The molecular formula is C9H15N3. The van der Waals surface area contributed by atoms with Crippen LogP contribution in [0.1, 0.15) is 18.2 Å². The monoisotopic (exact) mass is 165 g/mol. The van der Waals surface area contributed by atoms with Crippen LogP contribution in [0.2, 0.25) is 0 Å². The number of hydrogen-bond acceptors (Lipinski definition) is 2. The first-order chi connectivity index (χ1) is 5.77. The molecule has 1 saturated heterocycles. The molecule has 0 spiro atoms. The third kappa shape index (κ3) is 1.25. The van der Waals surface area contributed by atoms with E-state index in [1.165, 1.54) is 18.8 Å². The van der Waals surface area contributed by atoms with Crippen LogP contribution in [0.3, 0.4) is 0 Å². The highest BCUT2D eigenvalue weighted by atomic mass is 15.1. The number of rotatable bonds is 1. The maximum Gasteiger partial charge on any atom is 0.112 e. The smallest absolute Gasteiger partial charge is 0.112 e. The molecule has 3 nitrogen and oxygen atoms in total. The lowest BCUT2D eigenvalue weighted by atomic mass is 10.1. The number of aryl methyl sites for hydroxylation is 1. The summed E-state index contributed by atoms with van der Waals surface area (Å²) in [6.45, 7) is 2.36. The van der Waals surface area contributed by atoms with Crippen LogP contribution in [0.5, 0.6) is 0 Å². The highest BCUT2D eigenvalue weighted by Crippen LogP contribution is 2.23. The summed E-state index contributed by atoms with van der Waals surface area (Å²) in [5.74, 6) is 1.88. The number of likely N-dealkylation sites (N-methyl/N-ethyl adjacent to an activating group) is 1. The molecule has 66 valence electrons. The number of hydrogen-bond donors (Lipinski definition) is 0. The van der Waals surface area contributed by atoms with E-state index in [0.29, 0.717) is 5.92 Å². The van der Waals surface area contributed by atoms with E-state index < -0.39 is 0 Å². The van der Waals surface area contributed by atoms with Crippen molar-refractivity contribution in [3.63, 3.8) is 0 Å².